The highest BCUT2D eigenvalue weighted by Gasteiger charge is 2.43. The number of nitrogens with zero attached hydrogens (tertiary/aromatic N) is 1. The summed E-state index contributed by atoms with van der Waals surface area (Å²) in [6.45, 7) is -0.0619. The van der Waals surface area contributed by atoms with E-state index in [1.54, 1.807) is 6.07 Å². The molecule has 1 aromatic rings. The van der Waals surface area contributed by atoms with Gasteiger partial charge in [0.25, 0.3) is 5.69 Å². The van der Waals surface area contributed by atoms with Crippen LogP contribution in [-0.4, -0.2) is 28.1 Å². The van der Waals surface area contributed by atoms with E-state index in [0.717, 1.165) is 18.4 Å². The van der Waals surface area contributed by atoms with Crippen molar-refractivity contribution in [1.29, 1.82) is 0 Å². The van der Waals surface area contributed by atoms with E-state index in [9.17, 15) is 20.0 Å². The number of anilines is 2. The number of amides is 1. The molecule has 0 saturated heterocycles. The molecule has 1 saturated carbocycles. The number of benzene rings is 1. The number of aliphatic hydroxyl groups excluding tert-OH is 1. The van der Waals surface area contributed by atoms with Crippen LogP contribution in [0.3, 0.4) is 0 Å². The van der Waals surface area contributed by atoms with E-state index < -0.39 is 10.5 Å². The SMILES string of the molecule is O=C1CCc2cc([N+](=O)[O-])c(NC3(CO)CC3)cc2N1. The molecule has 0 spiro atoms. The van der Waals surface area contributed by atoms with Gasteiger partial charge >= 0.3 is 0 Å². The topological polar surface area (TPSA) is 104 Å². The third-order valence-electron chi connectivity index (χ3n) is 3.87. The van der Waals surface area contributed by atoms with Crippen molar-refractivity contribution in [2.24, 2.45) is 0 Å². The van der Waals surface area contributed by atoms with Crippen LogP contribution in [0.2, 0.25) is 0 Å². The van der Waals surface area contributed by atoms with Crippen LogP contribution >= 0.6 is 0 Å². The first-order valence-electron chi connectivity index (χ1n) is 6.53. The van der Waals surface area contributed by atoms with Crippen molar-refractivity contribution in [1.82, 2.24) is 0 Å². The normalized spacial score (nSPS) is 18.9. The number of aryl methyl sites for hydroxylation is 1. The lowest BCUT2D eigenvalue weighted by molar-refractivity contribution is -0.384. The number of nitro benzene ring substituents is 1. The number of aliphatic hydroxyl groups is 1. The lowest BCUT2D eigenvalue weighted by atomic mass is 10.0. The van der Waals surface area contributed by atoms with Gasteiger partial charge in [0.05, 0.1) is 17.1 Å². The number of nitrogens with one attached hydrogen (secondary N) is 2. The number of hydrogen-bond acceptors (Lipinski definition) is 5. The van der Waals surface area contributed by atoms with Crippen molar-refractivity contribution >= 4 is 23.0 Å². The fourth-order valence-electron chi connectivity index (χ4n) is 2.43. The standard InChI is InChI=1S/C13H15N3O4/c17-7-13(3-4-13)15-10-6-9-8(1-2-12(18)14-9)5-11(10)16(19)20/h5-6,15,17H,1-4,7H2,(H,14,18). The molecule has 2 aliphatic rings. The van der Waals surface area contributed by atoms with Gasteiger partial charge in [-0.2, -0.15) is 0 Å². The molecule has 1 heterocycles. The Balaban J connectivity index is 2.00. The maximum absolute atomic E-state index is 11.4. The van der Waals surface area contributed by atoms with Crippen molar-refractivity contribution in [2.75, 3.05) is 17.2 Å². The molecule has 1 aromatic carbocycles. The Morgan fingerprint density at radius 2 is 2.15 bits per heavy atom. The van der Waals surface area contributed by atoms with Crippen LogP contribution in [0.1, 0.15) is 24.8 Å². The van der Waals surface area contributed by atoms with Gasteiger partial charge in [0.2, 0.25) is 5.91 Å². The van der Waals surface area contributed by atoms with Gasteiger partial charge in [0.1, 0.15) is 5.69 Å². The van der Waals surface area contributed by atoms with Gasteiger partial charge in [0, 0.05) is 18.2 Å². The van der Waals surface area contributed by atoms with Gasteiger partial charge in [-0.1, -0.05) is 0 Å². The van der Waals surface area contributed by atoms with Gasteiger partial charge in [-0.15, -0.1) is 0 Å². The van der Waals surface area contributed by atoms with Crippen molar-refractivity contribution in [2.45, 2.75) is 31.2 Å². The predicted octanol–water partition coefficient (Wildman–Crippen LogP) is 1.42. The minimum Gasteiger partial charge on any atom is -0.394 e. The largest absolute Gasteiger partial charge is 0.394 e. The molecule has 1 fully saturated rings. The summed E-state index contributed by atoms with van der Waals surface area (Å²) in [7, 11) is 0. The highest BCUT2D eigenvalue weighted by atomic mass is 16.6. The van der Waals surface area contributed by atoms with Crippen LogP contribution in [0.15, 0.2) is 12.1 Å². The second-order valence-electron chi connectivity index (χ2n) is 5.40. The monoisotopic (exact) mass is 277 g/mol. The smallest absolute Gasteiger partial charge is 0.292 e. The third kappa shape index (κ3) is 2.20. The van der Waals surface area contributed by atoms with Crippen LogP contribution in [-0.2, 0) is 11.2 Å². The van der Waals surface area contributed by atoms with E-state index in [0.29, 0.717) is 24.2 Å². The molecule has 0 aromatic heterocycles. The fourth-order valence-corrected chi connectivity index (χ4v) is 2.43. The van der Waals surface area contributed by atoms with Gasteiger partial charge < -0.3 is 15.7 Å². The van der Waals surface area contributed by atoms with Gasteiger partial charge in [-0.3, -0.25) is 14.9 Å². The predicted molar refractivity (Wildman–Crippen MR) is 72.7 cm³/mol. The number of carbonyl (C=O) groups is 1. The zero-order valence-electron chi connectivity index (χ0n) is 10.8. The van der Waals surface area contributed by atoms with Crippen molar-refractivity contribution in [3.8, 4) is 0 Å². The lowest BCUT2D eigenvalue weighted by Crippen LogP contribution is -2.26. The molecule has 0 radical (unpaired) electrons. The Morgan fingerprint density at radius 1 is 1.40 bits per heavy atom. The van der Waals surface area contributed by atoms with Crippen molar-refractivity contribution in [3.63, 3.8) is 0 Å². The second kappa shape index (κ2) is 4.45. The van der Waals surface area contributed by atoms with Crippen LogP contribution in [0.4, 0.5) is 17.1 Å². The average Bonchev–Trinajstić information content (AvgIpc) is 3.18. The van der Waals surface area contributed by atoms with Crippen molar-refractivity contribution < 1.29 is 14.8 Å². The quantitative estimate of drug-likeness (QED) is 0.570. The molecule has 7 nitrogen and oxygen atoms in total. The number of carbonyl (C=O) groups excluding carboxylic acids is 1. The lowest BCUT2D eigenvalue weighted by Gasteiger charge is -2.21. The van der Waals surface area contributed by atoms with E-state index in [4.69, 9.17) is 0 Å². The zero-order chi connectivity index (χ0) is 14.3. The molecule has 0 unspecified atom stereocenters. The van der Waals surface area contributed by atoms with Crippen LogP contribution in [0.25, 0.3) is 0 Å². The first kappa shape index (κ1) is 12.9. The highest BCUT2D eigenvalue weighted by molar-refractivity contribution is 5.95. The van der Waals surface area contributed by atoms with E-state index in [1.807, 2.05) is 0 Å². The Kier molecular flexibility index (Phi) is 2.86. The molecule has 7 heteroatoms. The summed E-state index contributed by atoms with van der Waals surface area (Å²) in [4.78, 5) is 22.1. The molecule has 1 amide bonds. The molecule has 106 valence electrons. The third-order valence-corrected chi connectivity index (χ3v) is 3.87. The number of hydrogen-bond donors (Lipinski definition) is 3. The molecule has 1 aliphatic heterocycles. The number of nitro groups is 1. The molecular weight excluding hydrogens is 262 g/mol. The first-order valence-corrected chi connectivity index (χ1v) is 6.53. The van der Waals surface area contributed by atoms with E-state index in [2.05, 4.69) is 10.6 Å². The molecule has 3 N–H and O–H groups in total. The van der Waals surface area contributed by atoms with Crippen LogP contribution < -0.4 is 10.6 Å². The molecular formula is C13H15N3O4. The Morgan fingerprint density at radius 3 is 2.75 bits per heavy atom. The molecule has 0 atom stereocenters. The molecule has 1 aliphatic carbocycles. The highest BCUT2D eigenvalue weighted by Crippen LogP contribution is 2.42. The summed E-state index contributed by atoms with van der Waals surface area (Å²) in [5.41, 5.74) is 1.28. The average molecular weight is 277 g/mol. The van der Waals surface area contributed by atoms with E-state index in [-0.39, 0.29) is 18.2 Å². The van der Waals surface area contributed by atoms with Crippen LogP contribution in [0, 0.1) is 10.1 Å². The van der Waals surface area contributed by atoms with Crippen molar-refractivity contribution in [3.05, 3.63) is 27.8 Å². The minimum atomic E-state index is -0.447. The summed E-state index contributed by atoms with van der Waals surface area (Å²) in [6, 6.07) is 3.10. The van der Waals surface area contributed by atoms with E-state index in [1.165, 1.54) is 6.07 Å². The second-order valence-corrected chi connectivity index (χ2v) is 5.40. The summed E-state index contributed by atoms with van der Waals surface area (Å²) in [6.07, 6.45) is 2.42. The fraction of sp³-hybridized carbons (Fsp3) is 0.462. The zero-order valence-corrected chi connectivity index (χ0v) is 10.8. The maximum atomic E-state index is 11.4. The maximum Gasteiger partial charge on any atom is 0.292 e. The summed E-state index contributed by atoms with van der Waals surface area (Å²) < 4.78 is 0. The molecule has 0 bridgehead atoms. The summed E-state index contributed by atoms with van der Waals surface area (Å²) in [5, 5.41) is 26.3. The van der Waals surface area contributed by atoms with Gasteiger partial charge in [-0.25, -0.2) is 0 Å². The molecule has 20 heavy (non-hydrogen) atoms. The first-order chi connectivity index (χ1) is 9.53. The Bertz CT molecular complexity index is 596. The minimum absolute atomic E-state index is 0.0142. The summed E-state index contributed by atoms with van der Waals surface area (Å²) >= 11 is 0. The van der Waals surface area contributed by atoms with Crippen LogP contribution in [0.5, 0.6) is 0 Å². The van der Waals surface area contributed by atoms with Gasteiger partial charge in [0.15, 0.2) is 0 Å². The molecule has 3 rings (SSSR count). The summed E-state index contributed by atoms with van der Waals surface area (Å²) in [5.74, 6) is -0.0828. The Hall–Kier alpha value is -2.15. The Labute approximate surface area is 115 Å². The number of fused-ring (bicyclic) bond motifs is 1. The van der Waals surface area contributed by atoms with E-state index >= 15 is 0 Å². The van der Waals surface area contributed by atoms with Gasteiger partial charge in [-0.05, 0) is 30.9 Å². The number of rotatable bonds is 4.